The van der Waals surface area contributed by atoms with E-state index in [2.05, 4.69) is 17.6 Å². The molecule has 0 bridgehead atoms. The van der Waals surface area contributed by atoms with Gasteiger partial charge in [0.25, 0.3) is 0 Å². The maximum absolute atomic E-state index is 12.6. The van der Waals surface area contributed by atoms with Gasteiger partial charge in [-0.15, -0.1) is 0 Å². The molecule has 2 aliphatic rings. The standard InChI is InChI=1S/C19H29N3O3S2/c1-2-15-3-5-16(6-4-15)20-19(26)21-17-7-9-18(10-8-17)27(23,24)22-11-13-25-14-12-22/h7-10,15-16H,2-6,11-14H2,1H3,(H2,20,21,26). The molecule has 1 aliphatic heterocycles. The van der Waals surface area contributed by atoms with Gasteiger partial charge in [0.1, 0.15) is 0 Å². The quantitative estimate of drug-likeness (QED) is 0.726. The highest BCUT2D eigenvalue weighted by Crippen LogP contribution is 2.26. The Labute approximate surface area is 167 Å². The summed E-state index contributed by atoms with van der Waals surface area (Å²) in [4.78, 5) is 0.298. The summed E-state index contributed by atoms with van der Waals surface area (Å²) in [7, 11) is -3.46. The van der Waals surface area contributed by atoms with Gasteiger partial charge in [0, 0.05) is 24.8 Å². The third-order valence-electron chi connectivity index (χ3n) is 5.48. The highest BCUT2D eigenvalue weighted by atomic mass is 32.2. The Kier molecular flexibility index (Phi) is 7.08. The number of hydrogen-bond acceptors (Lipinski definition) is 4. The van der Waals surface area contributed by atoms with E-state index in [1.54, 1.807) is 24.3 Å². The molecule has 2 fully saturated rings. The lowest BCUT2D eigenvalue weighted by atomic mass is 9.85. The van der Waals surface area contributed by atoms with Crippen LogP contribution in [-0.4, -0.2) is 50.2 Å². The Hall–Kier alpha value is -1.22. The van der Waals surface area contributed by atoms with E-state index in [0.29, 0.717) is 42.4 Å². The van der Waals surface area contributed by atoms with Gasteiger partial charge in [-0.3, -0.25) is 0 Å². The summed E-state index contributed by atoms with van der Waals surface area (Å²) in [6, 6.07) is 7.20. The first-order chi connectivity index (χ1) is 13.0. The maximum atomic E-state index is 12.6. The van der Waals surface area contributed by atoms with Crippen LogP contribution in [0.2, 0.25) is 0 Å². The first kappa shape index (κ1) is 20.5. The minimum atomic E-state index is -3.46. The van der Waals surface area contributed by atoms with Gasteiger partial charge in [-0.1, -0.05) is 13.3 Å². The molecule has 1 aromatic carbocycles. The van der Waals surface area contributed by atoms with Crippen LogP contribution in [0.25, 0.3) is 0 Å². The molecule has 0 unspecified atom stereocenters. The second-order valence-electron chi connectivity index (χ2n) is 7.27. The lowest BCUT2D eigenvalue weighted by molar-refractivity contribution is 0.0730. The molecule has 2 N–H and O–H groups in total. The fraction of sp³-hybridized carbons (Fsp3) is 0.632. The van der Waals surface area contributed by atoms with Crippen molar-refractivity contribution in [2.75, 3.05) is 31.6 Å². The van der Waals surface area contributed by atoms with Crippen molar-refractivity contribution < 1.29 is 13.2 Å². The number of nitrogens with one attached hydrogen (secondary N) is 2. The molecule has 1 saturated carbocycles. The maximum Gasteiger partial charge on any atom is 0.243 e. The van der Waals surface area contributed by atoms with Gasteiger partial charge < -0.3 is 15.4 Å². The van der Waals surface area contributed by atoms with Crippen molar-refractivity contribution >= 4 is 33.0 Å². The van der Waals surface area contributed by atoms with Crippen molar-refractivity contribution in [3.63, 3.8) is 0 Å². The molecule has 8 heteroatoms. The van der Waals surface area contributed by atoms with Gasteiger partial charge in [-0.25, -0.2) is 8.42 Å². The zero-order valence-electron chi connectivity index (χ0n) is 15.8. The van der Waals surface area contributed by atoms with Crippen LogP contribution < -0.4 is 10.6 Å². The molecule has 1 heterocycles. The third-order valence-corrected chi connectivity index (χ3v) is 7.61. The van der Waals surface area contributed by atoms with Crippen LogP contribution >= 0.6 is 12.2 Å². The molecular weight excluding hydrogens is 382 g/mol. The molecule has 6 nitrogen and oxygen atoms in total. The van der Waals surface area contributed by atoms with Crippen LogP contribution in [0, 0.1) is 5.92 Å². The number of benzene rings is 1. The van der Waals surface area contributed by atoms with Crippen molar-refractivity contribution in [1.82, 2.24) is 9.62 Å². The minimum absolute atomic E-state index is 0.298. The van der Waals surface area contributed by atoms with Crippen molar-refractivity contribution in [3.05, 3.63) is 24.3 Å². The Morgan fingerprint density at radius 3 is 2.37 bits per heavy atom. The van der Waals surface area contributed by atoms with Gasteiger partial charge >= 0.3 is 0 Å². The molecule has 27 heavy (non-hydrogen) atoms. The van der Waals surface area contributed by atoms with E-state index in [1.807, 2.05) is 0 Å². The van der Waals surface area contributed by atoms with E-state index < -0.39 is 10.0 Å². The average molecular weight is 412 g/mol. The molecule has 0 aromatic heterocycles. The summed E-state index contributed by atoms with van der Waals surface area (Å²) < 4.78 is 32.0. The van der Waals surface area contributed by atoms with Crippen LogP contribution in [0.15, 0.2) is 29.2 Å². The number of ether oxygens (including phenoxy) is 1. The number of sulfonamides is 1. The number of hydrogen-bond donors (Lipinski definition) is 2. The lowest BCUT2D eigenvalue weighted by Crippen LogP contribution is -2.40. The fourth-order valence-corrected chi connectivity index (χ4v) is 5.41. The topological polar surface area (TPSA) is 70.7 Å². The fourth-order valence-electron chi connectivity index (χ4n) is 3.71. The van der Waals surface area contributed by atoms with Crippen LogP contribution in [0.4, 0.5) is 5.69 Å². The SMILES string of the molecule is CCC1CCC(NC(=S)Nc2ccc(S(=O)(=O)N3CCOCC3)cc2)CC1. The highest BCUT2D eigenvalue weighted by molar-refractivity contribution is 7.89. The Bertz CT molecular complexity index is 723. The summed E-state index contributed by atoms with van der Waals surface area (Å²) in [5, 5.41) is 7.15. The van der Waals surface area contributed by atoms with E-state index >= 15 is 0 Å². The van der Waals surface area contributed by atoms with E-state index in [4.69, 9.17) is 17.0 Å². The van der Waals surface area contributed by atoms with Crippen LogP contribution in [-0.2, 0) is 14.8 Å². The van der Waals surface area contributed by atoms with Crippen molar-refractivity contribution in [1.29, 1.82) is 0 Å². The van der Waals surface area contributed by atoms with Gasteiger partial charge in [0.15, 0.2) is 5.11 Å². The van der Waals surface area contributed by atoms with Crippen LogP contribution in [0.1, 0.15) is 39.0 Å². The summed E-state index contributed by atoms with van der Waals surface area (Å²) in [5.74, 6) is 0.852. The van der Waals surface area contributed by atoms with E-state index in [1.165, 1.54) is 23.6 Å². The number of anilines is 1. The highest BCUT2D eigenvalue weighted by Gasteiger charge is 2.26. The number of thiocarbonyl (C=S) groups is 1. The Morgan fingerprint density at radius 2 is 1.78 bits per heavy atom. The largest absolute Gasteiger partial charge is 0.379 e. The van der Waals surface area contributed by atoms with Gasteiger partial charge in [0.2, 0.25) is 10.0 Å². The second kappa shape index (κ2) is 9.32. The number of morpholine rings is 1. The molecular formula is C19H29N3O3S2. The summed E-state index contributed by atoms with van der Waals surface area (Å²) >= 11 is 5.42. The molecule has 150 valence electrons. The molecule has 0 amide bonds. The molecule has 0 radical (unpaired) electrons. The lowest BCUT2D eigenvalue weighted by Gasteiger charge is -2.29. The smallest absolute Gasteiger partial charge is 0.243 e. The van der Waals surface area contributed by atoms with E-state index in [9.17, 15) is 8.42 Å². The third kappa shape index (κ3) is 5.40. The van der Waals surface area contributed by atoms with Gasteiger partial charge in [-0.05, 0) is 68.1 Å². The van der Waals surface area contributed by atoms with E-state index in [0.717, 1.165) is 24.4 Å². The molecule has 0 spiro atoms. The number of nitrogens with zero attached hydrogens (tertiary/aromatic N) is 1. The predicted octanol–water partition coefficient (Wildman–Crippen LogP) is 2.96. The minimum Gasteiger partial charge on any atom is -0.379 e. The Balaban J connectivity index is 1.53. The van der Waals surface area contributed by atoms with Crippen LogP contribution in [0.3, 0.4) is 0 Å². The Morgan fingerprint density at radius 1 is 1.15 bits per heavy atom. The zero-order valence-corrected chi connectivity index (χ0v) is 17.4. The second-order valence-corrected chi connectivity index (χ2v) is 9.61. The van der Waals surface area contributed by atoms with Gasteiger partial charge in [-0.2, -0.15) is 4.31 Å². The number of rotatable bonds is 5. The summed E-state index contributed by atoms with van der Waals surface area (Å²) in [6.45, 7) is 3.94. The van der Waals surface area contributed by atoms with E-state index in [-0.39, 0.29) is 0 Å². The normalized spacial score (nSPS) is 24.3. The first-order valence-electron chi connectivity index (χ1n) is 9.74. The molecule has 1 aromatic rings. The van der Waals surface area contributed by atoms with Crippen molar-refractivity contribution in [2.45, 2.75) is 50.0 Å². The van der Waals surface area contributed by atoms with Gasteiger partial charge in [0.05, 0.1) is 18.1 Å². The monoisotopic (exact) mass is 411 g/mol. The molecule has 0 atom stereocenters. The van der Waals surface area contributed by atoms with Crippen molar-refractivity contribution in [2.24, 2.45) is 5.92 Å². The summed E-state index contributed by atoms with van der Waals surface area (Å²) in [5.41, 5.74) is 0.788. The zero-order chi connectivity index (χ0) is 19.3. The van der Waals surface area contributed by atoms with Crippen LogP contribution in [0.5, 0.6) is 0 Å². The predicted molar refractivity (Wildman–Crippen MR) is 111 cm³/mol. The first-order valence-corrected chi connectivity index (χ1v) is 11.6. The van der Waals surface area contributed by atoms with Crippen molar-refractivity contribution in [3.8, 4) is 0 Å². The molecule has 1 saturated heterocycles. The molecule has 1 aliphatic carbocycles. The molecule has 3 rings (SSSR count). The summed E-state index contributed by atoms with van der Waals surface area (Å²) in [6.07, 6.45) is 6.07. The average Bonchev–Trinajstić information content (AvgIpc) is 2.69.